The highest BCUT2D eigenvalue weighted by molar-refractivity contribution is 9.10. The van der Waals surface area contributed by atoms with Gasteiger partial charge < -0.3 is 11.1 Å². The average molecular weight is 313 g/mol. The van der Waals surface area contributed by atoms with Crippen molar-refractivity contribution in [1.82, 2.24) is 0 Å². The maximum Gasteiger partial charge on any atom is 0.150 e. The lowest BCUT2D eigenvalue weighted by Crippen LogP contribution is -1.99. The first-order valence-corrected chi connectivity index (χ1v) is 6.04. The maximum absolute atomic E-state index is 13.6. The third-order valence-electron chi connectivity index (χ3n) is 2.38. The molecule has 0 aliphatic carbocycles. The van der Waals surface area contributed by atoms with Gasteiger partial charge in [0.05, 0.1) is 0 Å². The van der Waals surface area contributed by atoms with Gasteiger partial charge in [0.25, 0.3) is 0 Å². The largest absolute Gasteiger partial charge is 0.399 e. The number of benzene rings is 2. The number of rotatable bonds is 2. The number of hydrogen-bond donors (Lipinski definition) is 2. The Morgan fingerprint density at radius 1 is 1.06 bits per heavy atom. The van der Waals surface area contributed by atoms with Crippen LogP contribution >= 0.6 is 15.9 Å². The topological polar surface area (TPSA) is 38.0 Å². The number of nitrogen functional groups attached to an aromatic ring is 1. The Labute approximate surface area is 112 Å². The normalized spacial score (nSPS) is 10.4. The van der Waals surface area contributed by atoms with Gasteiger partial charge in [0, 0.05) is 15.8 Å². The van der Waals surface area contributed by atoms with Gasteiger partial charge in [0.1, 0.15) is 5.69 Å². The van der Waals surface area contributed by atoms with Crippen molar-refractivity contribution in [2.75, 3.05) is 11.1 Å². The number of hydrogen-bond acceptors (Lipinski definition) is 2. The second-order valence-corrected chi connectivity index (χ2v) is 4.92. The number of aryl methyl sites for hydroxylation is 1. The summed E-state index contributed by atoms with van der Waals surface area (Å²) in [5.41, 5.74) is 7.49. The molecule has 0 aromatic heterocycles. The van der Waals surface area contributed by atoms with E-state index in [2.05, 4.69) is 21.2 Å². The molecule has 0 unspecified atom stereocenters. The number of nitrogens with one attached hydrogen (secondary N) is 1. The predicted octanol–water partition coefficient (Wildman–Crippen LogP) is 4.36. The van der Waals surface area contributed by atoms with E-state index in [0.717, 1.165) is 5.56 Å². The van der Waals surface area contributed by atoms with E-state index in [4.69, 9.17) is 5.73 Å². The summed E-state index contributed by atoms with van der Waals surface area (Å²) in [6.07, 6.45) is 0. The first-order valence-electron chi connectivity index (χ1n) is 5.24. The van der Waals surface area contributed by atoms with Crippen LogP contribution < -0.4 is 11.1 Å². The molecule has 0 saturated heterocycles. The Kier molecular flexibility index (Phi) is 3.52. The monoisotopic (exact) mass is 312 g/mol. The van der Waals surface area contributed by atoms with Crippen LogP contribution in [0.1, 0.15) is 5.56 Å². The van der Waals surface area contributed by atoms with Crippen LogP contribution in [-0.4, -0.2) is 0 Å². The highest BCUT2D eigenvalue weighted by Crippen LogP contribution is 2.28. The van der Waals surface area contributed by atoms with E-state index in [9.17, 15) is 8.78 Å². The minimum absolute atomic E-state index is 0.191. The zero-order valence-electron chi connectivity index (χ0n) is 9.60. The average Bonchev–Trinajstić information content (AvgIpc) is 2.22. The molecule has 0 saturated carbocycles. The first kappa shape index (κ1) is 12.8. The van der Waals surface area contributed by atoms with Gasteiger partial charge >= 0.3 is 0 Å². The van der Waals surface area contributed by atoms with Gasteiger partial charge in [-0.3, -0.25) is 0 Å². The fourth-order valence-corrected chi connectivity index (χ4v) is 2.09. The van der Waals surface area contributed by atoms with E-state index < -0.39 is 11.6 Å². The van der Waals surface area contributed by atoms with Crippen molar-refractivity contribution in [3.05, 3.63) is 52.0 Å². The van der Waals surface area contributed by atoms with Crippen molar-refractivity contribution in [2.45, 2.75) is 6.92 Å². The van der Waals surface area contributed by atoms with Crippen LogP contribution in [0.15, 0.2) is 34.8 Å². The zero-order chi connectivity index (χ0) is 13.3. The summed E-state index contributed by atoms with van der Waals surface area (Å²) in [7, 11) is 0. The molecular formula is C13H11BrF2N2. The number of halogens is 3. The smallest absolute Gasteiger partial charge is 0.150 e. The van der Waals surface area contributed by atoms with E-state index in [-0.39, 0.29) is 5.69 Å². The molecule has 5 heteroatoms. The molecule has 2 rings (SSSR count). The third-order valence-corrected chi connectivity index (χ3v) is 2.83. The second-order valence-electron chi connectivity index (χ2n) is 4.00. The Bertz CT molecular complexity index is 556. The molecule has 0 fully saturated rings. The van der Waals surface area contributed by atoms with E-state index in [0.29, 0.717) is 15.8 Å². The van der Waals surface area contributed by atoms with Crippen molar-refractivity contribution in [3.63, 3.8) is 0 Å². The molecule has 2 aromatic carbocycles. The summed E-state index contributed by atoms with van der Waals surface area (Å²) >= 11 is 3.03. The SMILES string of the molecule is Cc1cc(N)cc(Nc2c(F)cc(Br)cc2F)c1. The molecule has 18 heavy (non-hydrogen) atoms. The molecule has 0 atom stereocenters. The molecule has 94 valence electrons. The summed E-state index contributed by atoms with van der Waals surface area (Å²) in [6, 6.07) is 7.56. The van der Waals surface area contributed by atoms with Gasteiger partial charge in [-0.1, -0.05) is 15.9 Å². The Morgan fingerprint density at radius 3 is 2.22 bits per heavy atom. The van der Waals surface area contributed by atoms with Crippen LogP contribution in [0.3, 0.4) is 0 Å². The van der Waals surface area contributed by atoms with Gasteiger partial charge in [-0.05, 0) is 42.8 Å². The fourth-order valence-electron chi connectivity index (χ4n) is 1.69. The van der Waals surface area contributed by atoms with Crippen LogP contribution in [0.4, 0.5) is 25.8 Å². The molecule has 2 aromatic rings. The lowest BCUT2D eigenvalue weighted by molar-refractivity contribution is 0.589. The molecule has 3 N–H and O–H groups in total. The molecule has 0 aliphatic rings. The maximum atomic E-state index is 13.6. The molecule has 2 nitrogen and oxygen atoms in total. The van der Waals surface area contributed by atoms with Crippen LogP contribution in [-0.2, 0) is 0 Å². The minimum atomic E-state index is -0.665. The molecule has 0 radical (unpaired) electrons. The lowest BCUT2D eigenvalue weighted by atomic mass is 10.2. The van der Waals surface area contributed by atoms with E-state index >= 15 is 0 Å². The van der Waals surface area contributed by atoms with Gasteiger partial charge in [0.15, 0.2) is 11.6 Å². The summed E-state index contributed by atoms with van der Waals surface area (Å²) < 4.78 is 27.6. The van der Waals surface area contributed by atoms with Gasteiger partial charge in [-0.25, -0.2) is 8.78 Å². The van der Waals surface area contributed by atoms with E-state index in [1.165, 1.54) is 12.1 Å². The molecule has 0 heterocycles. The summed E-state index contributed by atoms with van der Waals surface area (Å²) in [5, 5.41) is 2.70. The second kappa shape index (κ2) is 4.94. The van der Waals surface area contributed by atoms with E-state index in [1.807, 2.05) is 6.92 Å². The van der Waals surface area contributed by atoms with Gasteiger partial charge in [-0.15, -0.1) is 0 Å². The quantitative estimate of drug-likeness (QED) is 0.808. The Balaban J connectivity index is 2.40. The van der Waals surface area contributed by atoms with Crippen molar-refractivity contribution in [1.29, 1.82) is 0 Å². The van der Waals surface area contributed by atoms with E-state index in [1.54, 1.807) is 18.2 Å². The van der Waals surface area contributed by atoms with Crippen LogP contribution in [0.25, 0.3) is 0 Å². The standard InChI is InChI=1S/C13H11BrF2N2/c1-7-2-9(17)6-10(3-7)18-13-11(15)4-8(14)5-12(13)16/h2-6,18H,17H2,1H3. The molecule has 0 bridgehead atoms. The first-order chi connectivity index (χ1) is 8.45. The number of nitrogens with two attached hydrogens (primary N) is 1. The Morgan fingerprint density at radius 2 is 1.67 bits per heavy atom. The third kappa shape index (κ3) is 2.79. The summed E-state index contributed by atoms with van der Waals surface area (Å²) in [6.45, 7) is 1.86. The van der Waals surface area contributed by atoms with Crippen LogP contribution in [0.2, 0.25) is 0 Å². The number of anilines is 3. The fraction of sp³-hybridized carbons (Fsp3) is 0.0769. The van der Waals surface area contributed by atoms with Crippen LogP contribution in [0.5, 0.6) is 0 Å². The van der Waals surface area contributed by atoms with Crippen molar-refractivity contribution in [3.8, 4) is 0 Å². The minimum Gasteiger partial charge on any atom is -0.399 e. The van der Waals surface area contributed by atoms with Gasteiger partial charge in [0.2, 0.25) is 0 Å². The van der Waals surface area contributed by atoms with Gasteiger partial charge in [-0.2, -0.15) is 0 Å². The summed E-state index contributed by atoms with van der Waals surface area (Å²) in [5.74, 6) is -1.33. The molecule has 0 amide bonds. The predicted molar refractivity (Wildman–Crippen MR) is 72.9 cm³/mol. The van der Waals surface area contributed by atoms with Crippen LogP contribution in [0, 0.1) is 18.6 Å². The summed E-state index contributed by atoms with van der Waals surface area (Å²) in [4.78, 5) is 0. The lowest BCUT2D eigenvalue weighted by Gasteiger charge is -2.10. The Hall–Kier alpha value is -1.62. The highest BCUT2D eigenvalue weighted by atomic mass is 79.9. The molecule has 0 aliphatic heterocycles. The molecule has 0 spiro atoms. The zero-order valence-corrected chi connectivity index (χ0v) is 11.2. The molecular weight excluding hydrogens is 302 g/mol. The van der Waals surface area contributed by atoms with Crippen molar-refractivity contribution in [2.24, 2.45) is 0 Å². The van der Waals surface area contributed by atoms with Crippen molar-refractivity contribution >= 4 is 33.0 Å². The van der Waals surface area contributed by atoms with Crippen molar-refractivity contribution < 1.29 is 8.78 Å². The highest BCUT2D eigenvalue weighted by Gasteiger charge is 2.11.